The molecule has 6 nitrogen and oxygen atoms in total. The summed E-state index contributed by atoms with van der Waals surface area (Å²) in [6.07, 6.45) is 0. The third kappa shape index (κ3) is 3.94. The Labute approximate surface area is 164 Å². The van der Waals surface area contributed by atoms with Crippen molar-refractivity contribution in [2.45, 2.75) is 0 Å². The van der Waals surface area contributed by atoms with E-state index in [2.05, 4.69) is 15.5 Å². The van der Waals surface area contributed by atoms with Gasteiger partial charge >= 0.3 is 0 Å². The number of halogens is 2. The van der Waals surface area contributed by atoms with Crippen LogP contribution in [0.4, 0.5) is 10.1 Å². The first-order valence-electron chi connectivity index (χ1n) is 8.39. The lowest BCUT2D eigenvalue weighted by Gasteiger charge is -2.08. The van der Waals surface area contributed by atoms with E-state index in [1.807, 2.05) is 0 Å². The highest BCUT2D eigenvalue weighted by Gasteiger charge is 2.09. The summed E-state index contributed by atoms with van der Waals surface area (Å²) in [5.41, 5.74) is 2.44. The van der Waals surface area contributed by atoms with Crippen molar-refractivity contribution in [1.82, 2.24) is 15.0 Å². The van der Waals surface area contributed by atoms with Crippen LogP contribution in [-0.4, -0.2) is 27.5 Å². The van der Waals surface area contributed by atoms with Crippen LogP contribution in [0.25, 0.3) is 16.7 Å². The van der Waals surface area contributed by atoms with Gasteiger partial charge in [0.2, 0.25) is 0 Å². The predicted octanol–water partition coefficient (Wildman–Crippen LogP) is 4.23. The van der Waals surface area contributed by atoms with Crippen LogP contribution in [0.5, 0.6) is 5.75 Å². The zero-order valence-electron chi connectivity index (χ0n) is 14.5. The van der Waals surface area contributed by atoms with Gasteiger partial charge in [-0.25, -0.2) is 4.39 Å². The maximum Gasteiger partial charge on any atom is 0.262 e. The Bertz CT molecular complexity index is 1140. The second kappa shape index (κ2) is 7.66. The summed E-state index contributed by atoms with van der Waals surface area (Å²) in [5.74, 6) is -0.216. The van der Waals surface area contributed by atoms with Gasteiger partial charge < -0.3 is 10.1 Å². The highest BCUT2D eigenvalue weighted by atomic mass is 35.5. The van der Waals surface area contributed by atoms with E-state index in [0.717, 1.165) is 0 Å². The summed E-state index contributed by atoms with van der Waals surface area (Å²) in [7, 11) is 0. The van der Waals surface area contributed by atoms with Gasteiger partial charge in [-0.05, 0) is 54.6 Å². The molecule has 0 saturated heterocycles. The quantitative estimate of drug-likeness (QED) is 0.548. The van der Waals surface area contributed by atoms with Gasteiger partial charge in [-0.3, -0.25) is 4.79 Å². The third-order valence-corrected chi connectivity index (χ3v) is 4.23. The Morgan fingerprint density at radius 2 is 1.79 bits per heavy atom. The van der Waals surface area contributed by atoms with E-state index >= 15 is 0 Å². The molecule has 4 rings (SSSR count). The van der Waals surface area contributed by atoms with E-state index in [4.69, 9.17) is 16.3 Å². The number of hydrogen-bond acceptors (Lipinski definition) is 4. The first kappa shape index (κ1) is 17.9. The van der Waals surface area contributed by atoms with Crippen LogP contribution in [-0.2, 0) is 4.79 Å². The van der Waals surface area contributed by atoms with Gasteiger partial charge in [0, 0.05) is 5.69 Å². The van der Waals surface area contributed by atoms with Crippen molar-refractivity contribution in [2.75, 3.05) is 11.9 Å². The molecule has 8 heteroatoms. The van der Waals surface area contributed by atoms with Gasteiger partial charge in [-0.2, -0.15) is 4.80 Å². The third-order valence-electron chi connectivity index (χ3n) is 3.92. The van der Waals surface area contributed by atoms with Gasteiger partial charge in [0.05, 0.1) is 10.7 Å². The molecular formula is C20H14ClFN4O2. The van der Waals surface area contributed by atoms with Crippen molar-refractivity contribution in [3.63, 3.8) is 0 Å². The maximum atomic E-state index is 13.1. The Morgan fingerprint density at radius 1 is 1.04 bits per heavy atom. The molecule has 0 aliphatic rings. The monoisotopic (exact) mass is 396 g/mol. The summed E-state index contributed by atoms with van der Waals surface area (Å²) in [4.78, 5) is 13.5. The molecule has 0 aliphatic carbocycles. The molecular weight excluding hydrogens is 383 g/mol. The first-order chi connectivity index (χ1) is 13.6. The Hall–Kier alpha value is -3.45. The van der Waals surface area contributed by atoms with Gasteiger partial charge in [-0.15, -0.1) is 10.2 Å². The van der Waals surface area contributed by atoms with Crippen LogP contribution >= 0.6 is 11.6 Å². The summed E-state index contributed by atoms with van der Waals surface area (Å²) >= 11 is 6.00. The molecule has 1 heterocycles. The van der Waals surface area contributed by atoms with Crippen LogP contribution in [0.3, 0.4) is 0 Å². The minimum absolute atomic E-state index is 0.177. The minimum Gasteiger partial charge on any atom is -0.482 e. The average Bonchev–Trinajstić information content (AvgIpc) is 3.11. The van der Waals surface area contributed by atoms with Crippen molar-refractivity contribution >= 4 is 34.2 Å². The minimum atomic E-state index is -0.329. The molecule has 0 unspecified atom stereocenters. The number of carbonyl (C=O) groups is 1. The number of fused-ring (bicyclic) bond motifs is 1. The van der Waals surface area contributed by atoms with Crippen LogP contribution in [0, 0.1) is 5.82 Å². The number of nitrogens with one attached hydrogen (secondary N) is 1. The van der Waals surface area contributed by atoms with Crippen LogP contribution in [0.2, 0.25) is 5.02 Å². The summed E-state index contributed by atoms with van der Waals surface area (Å²) in [6.45, 7) is -0.177. The molecule has 0 aliphatic heterocycles. The van der Waals surface area contributed by atoms with Gasteiger partial charge in [-0.1, -0.05) is 23.7 Å². The molecule has 0 saturated carbocycles. The second-order valence-electron chi connectivity index (χ2n) is 5.94. The zero-order valence-corrected chi connectivity index (χ0v) is 15.2. The number of hydrogen-bond donors (Lipinski definition) is 1. The fourth-order valence-electron chi connectivity index (χ4n) is 2.58. The Kier molecular flexibility index (Phi) is 4.90. The van der Waals surface area contributed by atoms with E-state index in [0.29, 0.717) is 33.2 Å². The normalized spacial score (nSPS) is 10.8. The molecule has 1 aromatic heterocycles. The van der Waals surface area contributed by atoms with E-state index in [1.54, 1.807) is 54.6 Å². The van der Waals surface area contributed by atoms with Crippen molar-refractivity contribution in [3.05, 3.63) is 77.6 Å². The van der Waals surface area contributed by atoms with Crippen LogP contribution in [0.15, 0.2) is 66.7 Å². The number of para-hydroxylation sites is 1. The van der Waals surface area contributed by atoms with Crippen LogP contribution < -0.4 is 10.1 Å². The van der Waals surface area contributed by atoms with E-state index in [1.165, 1.54) is 16.9 Å². The topological polar surface area (TPSA) is 69.0 Å². The molecule has 3 aromatic carbocycles. The standard InChI is InChI=1S/C20H14ClFN4O2/c21-16-3-1-2-4-19(16)28-12-20(27)23-14-7-10-17-18(11-14)25-26(24-17)15-8-5-13(22)6-9-15/h1-11H,12H2,(H,23,27). The summed E-state index contributed by atoms with van der Waals surface area (Å²) in [5, 5.41) is 11.9. The number of anilines is 1. The molecule has 4 aromatic rings. The smallest absolute Gasteiger partial charge is 0.262 e. The molecule has 28 heavy (non-hydrogen) atoms. The zero-order chi connectivity index (χ0) is 19.5. The SMILES string of the molecule is O=C(COc1ccccc1Cl)Nc1ccc2nn(-c3ccc(F)cc3)nc2c1. The Morgan fingerprint density at radius 3 is 2.57 bits per heavy atom. The fourth-order valence-corrected chi connectivity index (χ4v) is 2.77. The van der Waals surface area contributed by atoms with E-state index in [-0.39, 0.29) is 18.3 Å². The molecule has 0 bridgehead atoms. The Balaban J connectivity index is 1.46. The molecule has 0 atom stereocenters. The number of benzene rings is 3. The number of aromatic nitrogens is 3. The molecule has 0 spiro atoms. The lowest BCUT2D eigenvalue weighted by molar-refractivity contribution is -0.118. The predicted molar refractivity (Wildman–Crippen MR) is 104 cm³/mol. The average molecular weight is 397 g/mol. The fraction of sp³-hybridized carbons (Fsp3) is 0.0500. The molecule has 0 fully saturated rings. The van der Waals surface area contributed by atoms with E-state index < -0.39 is 0 Å². The number of amides is 1. The summed E-state index contributed by atoms with van der Waals surface area (Å²) in [6, 6.07) is 18.0. The molecule has 0 radical (unpaired) electrons. The first-order valence-corrected chi connectivity index (χ1v) is 8.76. The number of nitrogens with zero attached hydrogens (tertiary/aromatic N) is 3. The van der Waals surface area contributed by atoms with E-state index in [9.17, 15) is 9.18 Å². The van der Waals surface area contributed by atoms with Gasteiger partial charge in [0.25, 0.3) is 5.91 Å². The largest absolute Gasteiger partial charge is 0.482 e. The number of carbonyl (C=O) groups excluding carboxylic acids is 1. The second-order valence-corrected chi connectivity index (χ2v) is 6.34. The lowest BCUT2D eigenvalue weighted by Crippen LogP contribution is -2.20. The van der Waals surface area contributed by atoms with Crippen molar-refractivity contribution in [2.24, 2.45) is 0 Å². The van der Waals surface area contributed by atoms with Crippen LogP contribution in [0.1, 0.15) is 0 Å². The van der Waals surface area contributed by atoms with Crippen molar-refractivity contribution in [3.8, 4) is 11.4 Å². The molecule has 140 valence electrons. The van der Waals surface area contributed by atoms with Gasteiger partial charge in [0.1, 0.15) is 22.6 Å². The molecule has 1 amide bonds. The number of rotatable bonds is 5. The van der Waals surface area contributed by atoms with Crippen molar-refractivity contribution in [1.29, 1.82) is 0 Å². The maximum absolute atomic E-state index is 13.1. The van der Waals surface area contributed by atoms with Gasteiger partial charge in [0.15, 0.2) is 6.61 Å². The molecule has 1 N–H and O–H groups in total. The highest BCUT2D eigenvalue weighted by molar-refractivity contribution is 6.32. The summed E-state index contributed by atoms with van der Waals surface area (Å²) < 4.78 is 18.5. The van der Waals surface area contributed by atoms with Crippen molar-refractivity contribution < 1.29 is 13.9 Å². The number of ether oxygens (including phenoxy) is 1. The highest BCUT2D eigenvalue weighted by Crippen LogP contribution is 2.23. The lowest BCUT2D eigenvalue weighted by atomic mass is 10.3.